The lowest BCUT2D eigenvalue weighted by atomic mass is 9.77. The third kappa shape index (κ3) is 17.8. The van der Waals surface area contributed by atoms with Crippen LogP contribution in [0.4, 0.5) is 15.3 Å². The zero-order chi connectivity index (χ0) is 59.4. The second kappa shape index (κ2) is 29.0. The second-order valence-electron chi connectivity index (χ2n) is 23.1. The number of nitro benzene ring substituents is 1. The number of alkyl carbamates (subject to hydrolysis) is 1. The highest BCUT2D eigenvalue weighted by atomic mass is 16.7. The van der Waals surface area contributed by atoms with Crippen molar-refractivity contribution in [1.82, 2.24) is 26.0 Å². The van der Waals surface area contributed by atoms with Crippen molar-refractivity contribution in [3.63, 3.8) is 0 Å². The SMILES string of the molecule is CC[C@H]1OC(=O)[C@H](C)[C@@H](OC2CC(C)(C)[C@@H](OC(=O)NNC(=O)/C=C/c3ccc([N+](=O)[O-])cc3)[C@H](C)O2)[C@H](C)[C@@H](O[C@@H]2O[C@H](C)C[C@H](N(C)C)[C@H]2O)[C@@](C)(O)C[C@@H](C)CN(C)[C@H](C)[C@@H](OC(=O)NCCc2ccc(OC)cc2)[C@H]1O. The number of nitrogens with zero attached hydrogens (tertiary/aromatic N) is 3. The summed E-state index contributed by atoms with van der Waals surface area (Å²) in [6, 6.07) is 12.0. The Labute approximate surface area is 470 Å². The molecule has 3 aliphatic heterocycles. The van der Waals surface area contributed by atoms with Crippen molar-refractivity contribution in [2.45, 2.75) is 187 Å². The highest BCUT2D eigenvalue weighted by molar-refractivity contribution is 5.92. The number of likely N-dealkylation sites (N-methyl/N-ethyl adjacent to an activating group) is 2. The van der Waals surface area contributed by atoms with Gasteiger partial charge in [0, 0.05) is 61.1 Å². The van der Waals surface area contributed by atoms with Gasteiger partial charge in [-0.25, -0.2) is 15.0 Å². The maximum Gasteiger partial charge on any atom is 0.426 e. The van der Waals surface area contributed by atoms with Gasteiger partial charge in [0.1, 0.15) is 36.3 Å². The first-order chi connectivity index (χ1) is 37.5. The highest BCUT2D eigenvalue weighted by Gasteiger charge is 2.52. The molecule has 0 spiro atoms. The van der Waals surface area contributed by atoms with Crippen molar-refractivity contribution in [2.24, 2.45) is 23.2 Å². The molecule has 6 N–H and O–H groups in total. The van der Waals surface area contributed by atoms with Crippen LogP contribution in [-0.2, 0) is 49.2 Å². The van der Waals surface area contributed by atoms with Gasteiger partial charge in [-0.2, -0.15) is 0 Å². The van der Waals surface area contributed by atoms with Crippen LogP contribution in [0.5, 0.6) is 5.75 Å². The van der Waals surface area contributed by atoms with E-state index in [1.165, 1.54) is 30.3 Å². The average Bonchev–Trinajstić information content (AvgIpc) is 3.41. The minimum Gasteiger partial charge on any atom is -0.497 e. The van der Waals surface area contributed by atoms with Crippen molar-refractivity contribution in [2.75, 3.05) is 41.3 Å². The number of methoxy groups -OCH3 is 1. The van der Waals surface area contributed by atoms with E-state index in [0.29, 0.717) is 30.7 Å². The number of aliphatic hydroxyl groups excluding tert-OH is 2. The summed E-state index contributed by atoms with van der Waals surface area (Å²) in [6.45, 7) is 18.4. The van der Waals surface area contributed by atoms with Crippen LogP contribution in [0.2, 0.25) is 0 Å². The standard InChI is InChI=1S/C57H88N6O17/c1-15-43-47(66)49(78-54(68)58-27-26-39-18-23-41(73-14)24-19-39)36(6)62(13)31-32(2)29-57(10,70)50(79-53-46(65)42(61(11)12)28-33(3)74-53)34(4)48(35(5)52(67)76-43)77-45-30-56(8,9)51(37(7)75-45)80-55(69)60-59-44(64)25-20-38-16-21-40(22-17-38)63(71)72/h16-25,32-37,42-43,45-51,53,65-66,70H,15,26-31H2,1-14H3,(H,58,68)(H,59,64)(H,60,69)/b25-20+/t32-,33-,34+,35-,36-,37+,42+,43-,45?,46-,47+,48+,49-,50-,51+,53+,57+/m1/s1. The molecule has 23 nitrogen and oxygen atoms in total. The molecule has 448 valence electrons. The molecule has 23 heteroatoms. The van der Waals surface area contributed by atoms with E-state index in [-0.39, 0.29) is 49.6 Å². The van der Waals surface area contributed by atoms with E-state index in [4.69, 9.17) is 37.9 Å². The monoisotopic (exact) mass is 1130 g/mol. The normalized spacial score (nSPS) is 33.8. The minimum absolute atomic E-state index is 0.107. The van der Waals surface area contributed by atoms with E-state index in [1.807, 2.05) is 82.9 Å². The maximum atomic E-state index is 14.8. The molecule has 0 bridgehead atoms. The Balaban J connectivity index is 1.42. The summed E-state index contributed by atoms with van der Waals surface area (Å²) in [7, 11) is 7.11. The topological polar surface area (TPSA) is 289 Å². The van der Waals surface area contributed by atoms with Crippen LogP contribution in [-0.4, -0.2) is 181 Å². The third-order valence-corrected chi connectivity index (χ3v) is 15.7. The summed E-state index contributed by atoms with van der Waals surface area (Å²) < 4.78 is 49.9. The number of cyclic esters (lactones) is 1. The number of amides is 3. The molecule has 0 radical (unpaired) electrons. The fourth-order valence-electron chi connectivity index (χ4n) is 11.2. The Kier molecular flexibility index (Phi) is 23.6. The smallest absolute Gasteiger partial charge is 0.426 e. The molecule has 3 heterocycles. The van der Waals surface area contributed by atoms with E-state index in [1.54, 1.807) is 48.7 Å². The zero-order valence-electron chi connectivity index (χ0n) is 48.9. The van der Waals surface area contributed by atoms with Crippen molar-refractivity contribution < 1.29 is 77.3 Å². The molecule has 2 aromatic rings. The Morgan fingerprint density at radius 2 is 1.55 bits per heavy atom. The van der Waals surface area contributed by atoms with E-state index in [9.17, 15) is 44.6 Å². The number of hydrogen-bond acceptors (Lipinski definition) is 19. The largest absolute Gasteiger partial charge is 0.497 e. The first kappa shape index (κ1) is 65.3. The lowest BCUT2D eigenvalue weighted by Crippen LogP contribution is -2.60. The van der Waals surface area contributed by atoms with Gasteiger partial charge in [0.2, 0.25) is 0 Å². The van der Waals surface area contributed by atoms with Crippen molar-refractivity contribution in [3.8, 4) is 5.75 Å². The van der Waals surface area contributed by atoms with Crippen LogP contribution in [0, 0.1) is 33.3 Å². The van der Waals surface area contributed by atoms with Crippen molar-refractivity contribution in [1.29, 1.82) is 0 Å². The van der Waals surface area contributed by atoms with Gasteiger partial charge in [-0.15, -0.1) is 0 Å². The fraction of sp³-hybridized carbons (Fsp3) is 0.684. The summed E-state index contributed by atoms with van der Waals surface area (Å²) in [5.41, 5.74) is 3.29. The number of nitrogens with one attached hydrogen (secondary N) is 3. The first-order valence-electron chi connectivity index (χ1n) is 27.6. The van der Waals surface area contributed by atoms with E-state index in [0.717, 1.165) is 11.6 Å². The van der Waals surface area contributed by atoms with Gasteiger partial charge in [0.15, 0.2) is 12.6 Å². The summed E-state index contributed by atoms with van der Waals surface area (Å²) in [6.07, 6.45) is -9.53. The van der Waals surface area contributed by atoms with Gasteiger partial charge >= 0.3 is 18.2 Å². The van der Waals surface area contributed by atoms with Crippen LogP contribution in [0.3, 0.4) is 0 Å². The number of non-ortho nitro benzene ring substituents is 1. The quantitative estimate of drug-likeness (QED) is 0.0422. The van der Waals surface area contributed by atoms with Crippen molar-refractivity contribution in [3.05, 3.63) is 75.8 Å². The number of esters is 1. The summed E-state index contributed by atoms with van der Waals surface area (Å²) >= 11 is 0. The van der Waals surface area contributed by atoms with Crippen molar-refractivity contribution >= 4 is 35.8 Å². The Bertz CT molecular complexity index is 2370. The highest BCUT2D eigenvalue weighted by Crippen LogP contribution is 2.42. The van der Waals surface area contributed by atoms with Gasteiger partial charge in [-0.1, -0.05) is 46.8 Å². The van der Waals surface area contributed by atoms with Gasteiger partial charge in [-0.3, -0.25) is 30.0 Å². The summed E-state index contributed by atoms with van der Waals surface area (Å²) in [5, 5.41) is 50.7. The average molecular weight is 1130 g/mol. The number of rotatable bonds is 15. The molecule has 0 aliphatic carbocycles. The Hall–Kier alpha value is -5.50. The van der Waals surface area contributed by atoms with E-state index in [2.05, 4.69) is 16.2 Å². The van der Waals surface area contributed by atoms with Gasteiger partial charge < -0.3 is 63.4 Å². The molecule has 0 saturated carbocycles. The number of nitro groups is 1. The minimum atomic E-state index is -1.70. The molecule has 3 fully saturated rings. The predicted molar refractivity (Wildman–Crippen MR) is 295 cm³/mol. The molecular weight excluding hydrogens is 1040 g/mol. The number of benzene rings is 2. The molecule has 2 aromatic carbocycles. The van der Waals surface area contributed by atoms with Crippen LogP contribution >= 0.6 is 0 Å². The molecule has 1 unspecified atom stereocenters. The number of carbonyl (C=O) groups excluding carboxylic acids is 4. The fourth-order valence-corrected chi connectivity index (χ4v) is 11.2. The molecule has 0 aromatic heterocycles. The molecule has 3 aliphatic rings. The van der Waals surface area contributed by atoms with Crippen LogP contribution in [0.15, 0.2) is 54.6 Å². The van der Waals surface area contributed by atoms with Gasteiger partial charge in [0.05, 0.1) is 48.0 Å². The van der Waals surface area contributed by atoms with Crippen LogP contribution in [0.25, 0.3) is 6.08 Å². The molecule has 5 rings (SSSR count). The van der Waals surface area contributed by atoms with E-state index < -0.39 is 119 Å². The maximum absolute atomic E-state index is 14.8. The number of hydrogen-bond donors (Lipinski definition) is 6. The lowest BCUT2D eigenvalue weighted by molar-refractivity contribution is -0.384. The molecule has 3 amide bonds. The summed E-state index contributed by atoms with van der Waals surface area (Å²) in [4.78, 5) is 68.4. The zero-order valence-corrected chi connectivity index (χ0v) is 48.9. The van der Waals surface area contributed by atoms with Crippen LogP contribution in [0.1, 0.15) is 106 Å². The molecule has 3 saturated heterocycles. The second-order valence-corrected chi connectivity index (χ2v) is 23.1. The number of carbonyl (C=O) groups is 4. The number of hydrazine groups is 1. The van der Waals surface area contributed by atoms with Gasteiger partial charge in [-0.05, 0) is 129 Å². The number of ether oxygens (including phenoxy) is 8. The summed E-state index contributed by atoms with van der Waals surface area (Å²) in [5.74, 6) is -3.09. The lowest BCUT2D eigenvalue weighted by Gasteiger charge is -2.49. The third-order valence-electron chi connectivity index (χ3n) is 15.7. The van der Waals surface area contributed by atoms with E-state index >= 15 is 0 Å². The predicted octanol–water partition coefficient (Wildman–Crippen LogP) is 5.50. The van der Waals surface area contributed by atoms with Gasteiger partial charge in [0.25, 0.3) is 11.6 Å². The Morgan fingerprint density at radius 1 is 0.887 bits per heavy atom. The first-order valence-corrected chi connectivity index (χ1v) is 27.6. The van der Waals surface area contributed by atoms with Crippen LogP contribution < -0.4 is 20.9 Å². The Morgan fingerprint density at radius 3 is 2.15 bits per heavy atom. The number of aliphatic hydroxyl groups is 3. The molecule has 17 atom stereocenters. The molecular formula is C57H88N6O17. The molecule has 80 heavy (non-hydrogen) atoms.